The summed E-state index contributed by atoms with van der Waals surface area (Å²) in [6.07, 6.45) is 0. The van der Waals surface area contributed by atoms with E-state index in [2.05, 4.69) is 25.9 Å². The van der Waals surface area contributed by atoms with Gasteiger partial charge in [-0.15, -0.1) is 0 Å². The van der Waals surface area contributed by atoms with Crippen LogP contribution in [0, 0.1) is 17.5 Å². The van der Waals surface area contributed by atoms with E-state index in [-0.39, 0.29) is 33.8 Å². The zero-order chi connectivity index (χ0) is 15.9. The van der Waals surface area contributed by atoms with Crippen LogP contribution in [-0.2, 0) is 0 Å². The van der Waals surface area contributed by atoms with Crippen LogP contribution >= 0.6 is 15.9 Å². The van der Waals surface area contributed by atoms with Crippen LogP contribution in [0.2, 0.25) is 0 Å². The summed E-state index contributed by atoms with van der Waals surface area (Å²) in [7, 11) is 0. The molecule has 0 saturated heterocycles. The number of rotatable bonds is 1. The molecule has 0 spiro atoms. The van der Waals surface area contributed by atoms with Crippen LogP contribution in [0.5, 0.6) is 0 Å². The first kappa shape index (κ1) is 14.8. The number of hydrogen-bond acceptors (Lipinski definition) is 3. The van der Waals surface area contributed by atoms with Crippen molar-refractivity contribution < 1.29 is 13.2 Å². The van der Waals surface area contributed by atoms with Gasteiger partial charge in [0.2, 0.25) is 0 Å². The van der Waals surface area contributed by atoms with E-state index >= 15 is 0 Å². The maximum Gasteiger partial charge on any atom is 0.148 e. The monoisotopic (exact) mass is 367 g/mol. The molecule has 0 radical (unpaired) electrons. The first-order valence-electron chi connectivity index (χ1n) is 6.29. The predicted molar refractivity (Wildman–Crippen MR) is 82.2 cm³/mol. The maximum atomic E-state index is 14.5. The van der Waals surface area contributed by atoms with E-state index in [9.17, 15) is 13.2 Å². The molecule has 2 aromatic carbocycles. The highest BCUT2D eigenvalue weighted by atomic mass is 79.9. The van der Waals surface area contributed by atoms with E-state index in [4.69, 9.17) is 5.73 Å². The minimum absolute atomic E-state index is 0.0746. The van der Waals surface area contributed by atoms with Crippen molar-refractivity contribution in [2.24, 2.45) is 15.7 Å². The summed E-state index contributed by atoms with van der Waals surface area (Å²) in [6.45, 7) is -0.0746. The number of halogens is 4. The van der Waals surface area contributed by atoms with Crippen LogP contribution in [0.25, 0.3) is 0 Å². The van der Waals surface area contributed by atoms with Crippen molar-refractivity contribution in [2.45, 2.75) is 0 Å². The fourth-order valence-electron chi connectivity index (χ4n) is 2.22. The molecule has 0 aliphatic carbocycles. The first-order chi connectivity index (χ1) is 10.5. The number of fused-ring (bicyclic) bond motifs is 1. The van der Waals surface area contributed by atoms with E-state index in [0.29, 0.717) is 0 Å². The molecule has 0 fully saturated rings. The Morgan fingerprint density at radius 2 is 1.68 bits per heavy atom. The SMILES string of the molecule is NC1=Nc2ccc(Br)c(F)c2C(c2c(F)cccc2F)=NC1. The van der Waals surface area contributed by atoms with Gasteiger partial charge in [0.05, 0.1) is 33.5 Å². The lowest BCUT2D eigenvalue weighted by molar-refractivity contribution is 0.578. The summed E-state index contributed by atoms with van der Waals surface area (Å²) in [5.41, 5.74) is 5.23. The zero-order valence-electron chi connectivity index (χ0n) is 11.1. The molecule has 0 atom stereocenters. The number of nitrogens with zero attached hydrogens (tertiary/aromatic N) is 2. The second-order valence-corrected chi connectivity index (χ2v) is 5.47. The Morgan fingerprint density at radius 1 is 1.00 bits per heavy atom. The summed E-state index contributed by atoms with van der Waals surface area (Å²) >= 11 is 3.05. The van der Waals surface area contributed by atoms with Gasteiger partial charge in [-0.2, -0.15) is 0 Å². The molecule has 0 aromatic heterocycles. The van der Waals surface area contributed by atoms with Crippen molar-refractivity contribution in [3.05, 3.63) is 63.4 Å². The fraction of sp³-hybridized carbons (Fsp3) is 0.0667. The molecule has 0 bridgehead atoms. The third kappa shape index (κ3) is 2.41. The Kier molecular flexibility index (Phi) is 3.74. The van der Waals surface area contributed by atoms with E-state index in [1.807, 2.05) is 0 Å². The van der Waals surface area contributed by atoms with E-state index < -0.39 is 23.0 Å². The quantitative estimate of drug-likeness (QED) is 0.820. The largest absolute Gasteiger partial charge is 0.386 e. The molecular weight excluding hydrogens is 359 g/mol. The van der Waals surface area contributed by atoms with Crippen molar-refractivity contribution in [3.63, 3.8) is 0 Å². The number of benzene rings is 2. The second-order valence-electron chi connectivity index (χ2n) is 4.62. The number of amidine groups is 1. The second kappa shape index (κ2) is 5.57. The number of nitrogens with two attached hydrogens (primary N) is 1. The van der Waals surface area contributed by atoms with Gasteiger partial charge in [-0.05, 0) is 40.2 Å². The van der Waals surface area contributed by atoms with Gasteiger partial charge in [0.1, 0.15) is 23.3 Å². The molecule has 3 nitrogen and oxygen atoms in total. The van der Waals surface area contributed by atoms with Crippen molar-refractivity contribution in [1.82, 2.24) is 0 Å². The van der Waals surface area contributed by atoms with Crippen molar-refractivity contribution in [1.29, 1.82) is 0 Å². The van der Waals surface area contributed by atoms with Crippen molar-refractivity contribution in [2.75, 3.05) is 6.54 Å². The summed E-state index contributed by atoms with van der Waals surface area (Å²) in [6, 6.07) is 6.37. The average Bonchev–Trinajstić information content (AvgIpc) is 2.63. The van der Waals surface area contributed by atoms with Crippen LogP contribution < -0.4 is 5.73 Å². The molecule has 1 aliphatic heterocycles. The van der Waals surface area contributed by atoms with Crippen LogP contribution in [0.15, 0.2) is 44.8 Å². The molecule has 0 unspecified atom stereocenters. The summed E-state index contributed by atoms with van der Waals surface area (Å²) in [4.78, 5) is 8.11. The van der Waals surface area contributed by atoms with E-state index in [1.165, 1.54) is 18.2 Å². The van der Waals surface area contributed by atoms with Gasteiger partial charge in [0, 0.05) is 0 Å². The lowest BCUT2D eigenvalue weighted by Crippen LogP contribution is -2.16. The minimum Gasteiger partial charge on any atom is -0.386 e. The summed E-state index contributed by atoms with van der Waals surface area (Å²) < 4.78 is 42.8. The summed E-state index contributed by atoms with van der Waals surface area (Å²) in [5, 5.41) is 0. The Morgan fingerprint density at radius 3 is 2.36 bits per heavy atom. The Hall–Kier alpha value is -2.15. The molecule has 7 heteroatoms. The smallest absolute Gasteiger partial charge is 0.148 e. The lowest BCUT2D eigenvalue weighted by Gasteiger charge is -2.12. The van der Waals surface area contributed by atoms with Crippen molar-refractivity contribution >= 4 is 33.2 Å². The average molecular weight is 368 g/mol. The number of aliphatic imine (C=N–C) groups is 2. The van der Waals surface area contributed by atoms with Gasteiger partial charge in [0.25, 0.3) is 0 Å². The first-order valence-corrected chi connectivity index (χ1v) is 7.08. The highest BCUT2D eigenvalue weighted by Gasteiger charge is 2.25. The molecule has 3 rings (SSSR count). The molecule has 22 heavy (non-hydrogen) atoms. The number of hydrogen-bond donors (Lipinski definition) is 1. The Labute approximate surface area is 132 Å². The van der Waals surface area contributed by atoms with Crippen molar-refractivity contribution in [3.8, 4) is 0 Å². The fourth-order valence-corrected chi connectivity index (χ4v) is 2.55. The topological polar surface area (TPSA) is 50.7 Å². The van der Waals surface area contributed by atoms with Crippen LogP contribution in [0.3, 0.4) is 0 Å². The Balaban J connectivity index is 2.35. The van der Waals surface area contributed by atoms with Gasteiger partial charge in [0.15, 0.2) is 0 Å². The molecule has 0 amide bonds. The minimum atomic E-state index is -0.829. The zero-order valence-corrected chi connectivity index (χ0v) is 12.7. The predicted octanol–water partition coefficient (Wildman–Crippen LogP) is 3.71. The van der Waals surface area contributed by atoms with Gasteiger partial charge in [-0.3, -0.25) is 4.99 Å². The standard InChI is InChI=1S/C15H9BrF3N3/c16-7-4-5-10-13(14(7)19)15(21-6-11(20)22-10)12-8(17)2-1-3-9(12)18/h1-5H,6H2,(H2,20,22). The highest BCUT2D eigenvalue weighted by molar-refractivity contribution is 9.10. The van der Waals surface area contributed by atoms with Gasteiger partial charge >= 0.3 is 0 Å². The Bertz CT molecular complexity index is 811. The third-order valence-electron chi connectivity index (χ3n) is 3.17. The molecule has 1 aliphatic rings. The van der Waals surface area contributed by atoms with Gasteiger partial charge < -0.3 is 5.73 Å². The van der Waals surface area contributed by atoms with Gasteiger partial charge in [-0.1, -0.05) is 6.07 Å². The lowest BCUT2D eigenvalue weighted by atomic mass is 9.99. The summed E-state index contributed by atoms with van der Waals surface area (Å²) in [5.74, 6) is -2.22. The van der Waals surface area contributed by atoms with E-state index in [0.717, 1.165) is 12.1 Å². The van der Waals surface area contributed by atoms with Gasteiger partial charge in [-0.25, -0.2) is 18.2 Å². The normalized spacial score (nSPS) is 14.0. The molecule has 2 N–H and O–H groups in total. The van der Waals surface area contributed by atoms with Crippen LogP contribution in [0.4, 0.5) is 18.9 Å². The molecule has 1 heterocycles. The molecule has 2 aromatic rings. The third-order valence-corrected chi connectivity index (χ3v) is 3.78. The molecule has 0 saturated carbocycles. The molecule has 112 valence electrons. The molecular formula is C15H9BrF3N3. The maximum absolute atomic E-state index is 14.5. The van der Waals surface area contributed by atoms with Crippen LogP contribution in [-0.4, -0.2) is 18.1 Å². The van der Waals surface area contributed by atoms with E-state index in [1.54, 1.807) is 0 Å². The highest BCUT2D eigenvalue weighted by Crippen LogP contribution is 2.33. The van der Waals surface area contributed by atoms with Crippen LogP contribution in [0.1, 0.15) is 11.1 Å².